The summed E-state index contributed by atoms with van der Waals surface area (Å²) in [6.07, 6.45) is 10.9. The first-order valence-electron chi connectivity index (χ1n) is 7.13. The van der Waals surface area contributed by atoms with Crippen LogP contribution in [0.4, 0.5) is 0 Å². The van der Waals surface area contributed by atoms with Gasteiger partial charge in [-0.2, -0.15) is 0 Å². The molecule has 0 aromatic heterocycles. The summed E-state index contributed by atoms with van der Waals surface area (Å²) in [5, 5.41) is 3.48. The summed E-state index contributed by atoms with van der Waals surface area (Å²) in [5.41, 5.74) is 0. The Morgan fingerprint density at radius 3 is 2.69 bits per heavy atom. The Bertz CT molecular complexity index is 155. The van der Waals surface area contributed by atoms with Gasteiger partial charge in [0.25, 0.3) is 0 Å². The highest BCUT2D eigenvalue weighted by Gasteiger charge is 2.22. The number of nitrogens with one attached hydrogen (secondary N) is 1. The van der Waals surface area contributed by atoms with E-state index in [1.165, 1.54) is 51.4 Å². The van der Waals surface area contributed by atoms with E-state index in [2.05, 4.69) is 19.3 Å². The quantitative estimate of drug-likeness (QED) is 0.642. The molecule has 1 fully saturated rings. The van der Waals surface area contributed by atoms with E-state index in [4.69, 9.17) is 4.74 Å². The maximum atomic E-state index is 5.57. The average molecular weight is 227 g/mol. The Hall–Kier alpha value is -0.0800. The zero-order valence-corrected chi connectivity index (χ0v) is 11.1. The minimum Gasteiger partial charge on any atom is -0.381 e. The lowest BCUT2D eigenvalue weighted by molar-refractivity contribution is 0.0387. The van der Waals surface area contributed by atoms with E-state index >= 15 is 0 Å². The lowest BCUT2D eigenvalue weighted by atomic mass is 9.90. The van der Waals surface area contributed by atoms with Crippen LogP contribution in [-0.2, 0) is 4.74 Å². The minimum atomic E-state index is 0.682. The van der Waals surface area contributed by atoms with Crippen molar-refractivity contribution in [2.24, 2.45) is 5.92 Å². The smallest absolute Gasteiger partial charge is 0.0509 e. The van der Waals surface area contributed by atoms with Crippen LogP contribution in [0.15, 0.2) is 0 Å². The molecule has 2 atom stereocenters. The SMILES string of the molecule is CCCCCCCC(NC)C1CCCOC1. The van der Waals surface area contributed by atoms with Gasteiger partial charge in [0.1, 0.15) is 0 Å². The predicted octanol–water partition coefficient (Wildman–Crippen LogP) is 3.36. The van der Waals surface area contributed by atoms with E-state index in [1.807, 2.05) is 0 Å². The van der Waals surface area contributed by atoms with Crippen molar-refractivity contribution in [2.45, 2.75) is 64.3 Å². The van der Waals surface area contributed by atoms with Gasteiger partial charge in [0.05, 0.1) is 6.61 Å². The highest BCUT2D eigenvalue weighted by molar-refractivity contribution is 4.77. The second-order valence-corrected chi connectivity index (χ2v) is 5.08. The van der Waals surface area contributed by atoms with Crippen LogP contribution in [0.1, 0.15) is 58.3 Å². The molecule has 2 heteroatoms. The Kier molecular flexibility index (Phi) is 7.87. The van der Waals surface area contributed by atoms with Gasteiger partial charge in [-0.05, 0) is 32.2 Å². The molecule has 1 aliphatic rings. The molecule has 1 heterocycles. The van der Waals surface area contributed by atoms with E-state index in [0.29, 0.717) is 6.04 Å². The van der Waals surface area contributed by atoms with Crippen molar-refractivity contribution in [1.29, 1.82) is 0 Å². The van der Waals surface area contributed by atoms with Crippen molar-refractivity contribution >= 4 is 0 Å². The van der Waals surface area contributed by atoms with Gasteiger partial charge in [-0.3, -0.25) is 0 Å². The molecule has 16 heavy (non-hydrogen) atoms. The van der Waals surface area contributed by atoms with Crippen LogP contribution in [0.25, 0.3) is 0 Å². The normalized spacial score (nSPS) is 23.2. The van der Waals surface area contributed by atoms with E-state index < -0.39 is 0 Å². The molecule has 2 unspecified atom stereocenters. The van der Waals surface area contributed by atoms with Gasteiger partial charge in [0.15, 0.2) is 0 Å². The van der Waals surface area contributed by atoms with Gasteiger partial charge in [0, 0.05) is 12.6 Å². The predicted molar refractivity (Wildman–Crippen MR) is 69.8 cm³/mol. The van der Waals surface area contributed by atoms with Crippen LogP contribution in [0.5, 0.6) is 0 Å². The molecule has 0 radical (unpaired) electrons. The first-order valence-corrected chi connectivity index (χ1v) is 7.13. The summed E-state index contributed by atoms with van der Waals surface area (Å²) in [6.45, 7) is 4.22. The minimum absolute atomic E-state index is 0.682. The van der Waals surface area contributed by atoms with E-state index in [9.17, 15) is 0 Å². The van der Waals surface area contributed by atoms with Crippen molar-refractivity contribution in [3.05, 3.63) is 0 Å². The van der Waals surface area contributed by atoms with Gasteiger partial charge < -0.3 is 10.1 Å². The van der Waals surface area contributed by atoms with E-state index in [0.717, 1.165) is 19.1 Å². The second-order valence-electron chi connectivity index (χ2n) is 5.08. The van der Waals surface area contributed by atoms with Gasteiger partial charge in [-0.25, -0.2) is 0 Å². The first kappa shape index (κ1) is 14.0. The van der Waals surface area contributed by atoms with Gasteiger partial charge >= 0.3 is 0 Å². The molecule has 0 aromatic carbocycles. The maximum absolute atomic E-state index is 5.57. The highest BCUT2D eigenvalue weighted by Crippen LogP contribution is 2.21. The van der Waals surface area contributed by atoms with Crippen LogP contribution >= 0.6 is 0 Å². The maximum Gasteiger partial charge on any atom is 0.0509 e. The third-order valence-electron chi connectivity index (χ3n) is 3.75. The summed E-state index contributed by atoms with van der Waals surface area (Å²) in [6, 6.07) is 0.682. The Balaban J connectivity index is 2.10. The molecule has 0 saturated carbocycles. The third kappa shape index (κ3) is 5.31. The standard InChI is InChI=1S/C14H29NO/c1-3-4-5-6-7-10-14(15-2)13-9-8-11-16-12-13/h13-15H,3-12H2,1-2H3. The van der Waals surface area contributed by atoms with Crippen LogP contribution in [-0.4, -0.2) is 26.3 Å². The molecule has 96 valence electrons. The Morgan fingerprint density at radius 2 is 2.06 bits per heavy atom. The van der Waals surface area contributed by atoms with E-state index in [1.54, 1.807) is 0 Å². The number of rotatable bonds is 8. The number of unbranched alkanes of at least 4 members (excludes halogenated alkanes) is 4. The molecule has 0 aromatic rings. The molecule has 1 rings (SSSR count). The van der Waals surface area contributed by atoms with Gasteiger partial charge in [-0.15, -0.1) is 0 Å². The van der Waals surface area contributed by atoms with Crippen molar-refractivity contribution in [1.82, 2.24) is 5.32 Å². The number of ether oxygens (including phenoxy) is 1. The molecule has 0 bridgehead atoms. The summed E-state index contributed by atoms with van der Waals surface area (Å²) < 4.78 is 5.57. The van der Waals surface area contributed by atoms with Crippen molar-refractivity contribution in [3.63, 3.8) is 0 Å². The number of hydrogen-bond acceptors (Lipinski definition) is 2. The monoisotopic (exact) mass is 227 g/mol. The van der Waals surface area contributed by atoms with Crippen molar-refractivity contribution < 1.29 is 4.74 Å². The van der Waals surface area contributed by atoms with Crippen LogP contribution in [0.3, 0.4) is 0 Å². The summed E-state index contributed by atoms with van der Waals surface area (Å²) in [5.74, 6) is 0.755. The molecule has 0 amide bonds. The molecular weight excluding hydrogens is 198 g/mol. The van der Waals surface area contributed by atoms with Gasteiger partial charge in [0.2, 0.25) is 0 Å². The summed E-state index contributed by atoms with van der Waals surface area (Å²) in [4.78, 5) is 0. The second kappa shape index (κ2) is 9.00. The lowest BCUT2D eigenvalue weighted by Gasteiger charge is -2.30. The third-order valence-corrected chi connectivity index (χ3v) is 3.75. The number of hydrogen-bond donors (Lipinski definition) is 1. The molecule has 1 saturated heterocycles. The zero-order valence-electron chi connectivity index (χ0n) is 11.1. The molecule has 1 N–H and O–H groups in total. The van der Waals surface area contributed by atoms with Crippen molar-refractivity contribution in [2.75, 3.05) is 20.3 Å². The highest BCUT2D eigenvalue weighted by atomic mass is 16.5. The Morgan fingerprint density at radius 1 is 1.25 bits per heavy atom. The molecular formula is C14H29NO. The Labute approximate surface area is 101 Å². The lowest BCUT2D eigenvalue weighted by Crippen LogP contribution is -2.38. The largest absolute Gasteiger partial charge is 0.381 e. The fraction of sp³-hybridized carbons (Fsp3) is 1.00. The molecule has 0 spiro atoms. The fourth-order valence-corrected chi connectivity index (χ4v) is 2.67. The molecule has 2 nitrogen and oxygen atoms in total. The topological polar surface area (TPSA) is 21.3 Å². The van der Waals surface area contributed by atoms with Crippen LogP contribution in [0.2, 0.25) is 0 Å². The summed E-state index contributed by atoms with van der Waals surface area (Å²) in [7, 11) is 2.10. The molecule has 1 aliphatic heterocycles. The molecule has 0 aliphatic carbocycles. The summed E-state index contributed by atoms with van der Waals surface area (Å²) >= 11 is 0. The van der Waals surface area contributed by atoms with Crippen molar-refractivity contribution in [3.8, 4) is 0 Å². The van der Waals surface area contributed by atoms with E-state index in [-0.39, 0.29) is 0 Å². The average Bonchev–Trinajstić information content (AvgIpc) is 2.35. The zero-order chi connectivity index (χ0) is 11.6. The first-order chi connectivity index (χ1) is 7.88. The fourth-order valence-electron chi connectivity index (χ4n) is 2.67. The van der Waals surface area contributed by atoms with Gasteiger partial charge in [-0.1, -0.05) is 39.0 Å². The van der Waals surface area contributed by atoms with Crippen LogP contribution in [0, 0.1) is 5.92 Å². The van der Waals surface area contributed by atoms with Crippen LogP contribution < -0.4 is 5.32 Å².